The Morgan fingerprint density at radius 2 is 1.71 bits per heavy atom. The van der Waals surface area contributed by atoms with Crippen LogP contribution in [0.4, 0.5) is 0 Å². The predicted octanol–water partition coefficient (Wildman–Crippen LogP) is -0.180. The molecule has 0 fully saturated rings. The van der Waals surface area contributed by atoms with Crippen LogP contribution in [0.2, 0.25) is 0 Å². The summed E-state index contributed by atoms with van der Waals surface area (Å²) in [5.74, 6) is 3.54. The van der Waals surface area contributed by atoms with Crippen molar-refractivity contribution in [1.82, 2.24) is 4.57 Å². The molecular weight excluding hydrogens is 242 g/mol. The Morgan fingerprint density at radius 1 is 1.12 bits per heavy atom. The maximum Gasteiger partial charge on any atom is 0.221 e. The number of carbonyl (C=O) groups excluding carboxylic acids is 3. The fourth-order valence-electron chi connectivity index (χ4n) is 1.60. The van der Waals surface area contributed by atoms with Gasteiger partial charge in [0.05, 0.1) is 0 Å². The van der Waals surface area contributed by atoms with Crippen LogP contribution < -0.4 is 10.7 Å². The van der Waals surface area contributed by atoms with Gasteiger partial charge in [0.2, 0.25) is 5.24 Å². The third-order valence-corrected chi connectivity index (χ3v) is 2.63. The molecule has 0 radical (unpaired) electrons. The lowest BCUT2D eigenvalue weighted by atomic mass is 10.2. The van der Waals surface area contributed by atoms with Gasteiger partial charge in [-0.05, 0) is 36.6 Å². The third-order valence-electron chi connectivity index (χ3n) is 2.44. The van der Waals surface area contributed by atoms with Gasteiger partial charge in [-0.2, -0.15) is 0 Å². The highest BCUT2D eigenvalue weighted by Gasteiger charge is 2.00. The van der Waals surface area contributed by atoms with Crippen LogP contribution >= 0.6 is 11.6 Å². The number of rotatable bonds is 6. The molecule has 1 aromatic rings. The highest BCUT2D eigenvalue weighted by molar-refractivity contribution is 6.63. The zero-order chi connectivity index (χ0) is 12.7. The molecule has 5 heteroatoms. The quantitative estimate of drug-likeness (QED) is 0.522. The number of hydrogen-bond acceptors (Lipinski definition) is 3. The zero-order valence-corrected chi connectivity index (χ0v) is 10.00. The van der Waals surface area contributed by atoms with Crippen LogP contribution in [-0.2, 0) is 20.9 Å². The van der Waals surface area contributed by atoms with Gasteiger partial charge in [-0.1, -0.05) is 6.42 Å². The van der Waals surface area contributed by atoms with Gasteiger partial charge in [0.1, 0.15) is 10.7 Å². The molecule has 1 aromatic heterocycles. The smallest absolute Gasteiger partial charge is 0.221 e. The van der Waals surface area contributed by atoms with E-state index in [4.69, 9.17) is 11.6 Å². The first kappa shape index (κ1) is 13.5. The lowest BCUT2D eigenvalue weighted by Crippen LogP contribution is -2.28. The first-order valence-corrected chi connectivity index (χ1v) is 5.71. The van der Waals surface area contributed by atoms with E-state index in [2.05, 4.69) is 0 Å². The topological polar surface area (TPSA) is 56.1 Å². The summed E-state index contributed by atoms with van der Waals surface area (Å²) in [6.45, 7) is 0.540. The Kier molecular flexibility index (Phi) is 5.44. The Balaban J connectivity index is 2.58. The normalized spacial score (nSPS) is 9.71. The number of halogens is 1. The van der Waals surface area contributed by atoms with Crippen molar-refractivity contribution in [3.63, 3.8) is 0 Å². The highest BCUT2D eigenvalue weighted by atomic mass is 35.5. The van der Waals surface area contributed by atoms with Crippen LogP contribution in [0.15, 0.2) is 12.1 Å². The van der Waals surface area contributed by atoms with E-state index in [-0.39, 0.29) is 5.24 Å². The van der Waals surface area contributed by atoms with Crippen LogP contribution in [0.3, 0.4) is 0 Å². The van der Waals surface area contributed by atoms with Gasteiger partial charge in [-0.3, -0.25) is 4.79 Å². The van der Waals surface area contributed by atoms with E-state index in [0.29, 0.717) is 30.1 Å². The monoisotopic (exact) mass is 253 g/mol. The molecule has 0 aliphatic carbocycles. The molecule has 0 aromatic carbocycles. The minimum Gasteiger partial charge on any atom is -0.323 e. The van der Waals surface area contributed by atoms with Crippen LogP contribution in [0.25, 0.3) is 0 Å². The first-order valence-electron chi connectivity index (χ1n) is 5.33. The fraction of sp³-hybridized carbons (Fsp3) is 0.417. The second-order valence-electron chi connectivity index (χ2n) is 3.63. The summed E-state index contributed by atoms with van der Waals surface area (Å²) < 4.78 is 1.57. The first-order chi connectivity index (χ1) is 8.19. The summed E-state index contributed by atoms with van der Waals surface area (Å²) in [6, 6.07) is 3.07. The Bertz CT molecular complexity index is 513. The van der Waals surface area contributed by atoms with Gasteiger partial charge in [0.15, 0.2) is 11.9 Å². The summed E-state index contributed by atoms with van der Waals surface area (Å²) >= 11 is 5.20. The average molecular weight is 254 g/mol. The Labute approximate surface area is 103 Å². The van der Waals surface area contributed by atoms with Gasteiger partial charge < -0.3 is 4.57 Å². The number of carbonyl (C=O) groups is 1. The molecule has 0 amide bonds. The van der Waals surface area contributed by atoms with Crippen molar-refractivity contribution >= 4 is 28.7 Å². The van der Waals surface area contributed by atoms with E-state index < -0.39 is 0 Å². The highest BCUT2D eigenvalue weighted by Crippen LogP contribution is 2.02. The largest absolute Gasteiger partial charge is 0.323 e. The van der Waals surface area contributed by atoms with Crippen molar-refractivity contribution < 1.29 is 14.4 Å². The summed E-state index contributed by atoms with van der Waals surface area (Å²) in [4.78, 5) is 31.7. The molecule has 1 rings (SSSR count). The van der Waals surface area contributed by atoms with Gasteiger partial charge in [-0.25, -0.2) is 9.59 Å². The van der Waals surface area contributed by atoms with E-state index in [1.807, 2.05) is 0 Å². The summed E-state index contributed by atoms with van der Waals surface area (Å²) in [6.07, 6.45) is 2.64. The molecule has 4 nitrogen and oxygen atoms in total. The zero-order valence-electron chi connectivity index (χ0n) is 9.24. The molecule has 0 N–H and O–H groups in total. The van der Waals surface area contributed by atoms with Crippen molar-refractivity contribution in [2.45, 2.75) is 32.2 Å². The summed E-state index contributed by atoms with van der Waals surface area (Å²) in [5.41, 5.74) is 0. The van der Waals surface area contributed by atoms with Crippen molar-refractivity contribution in [2.75, 3.05) is 0 Å². The molecule has 90 valence electrons. The standard InChI is InChI=1S/C12H12ClNO3/c13-12(17)4-2-1-3-7-14-10(8-15)5-6-11(14)9-16/h5-6H,1-4,7H2. The molecule has 1 heterocycles. The fourth-order valence-corrected chi connectivity index (χ4v) is 1.73. The number of unbranched alkanes of at least 4 members (excludes halogenated alkanes) is 2. The Hall–Kier alpha value is -1.60. The predicted molar refractivity (Wildman–Crippen MR) is 62.6 cm³/mol. The van der Waals surface area contributed by atoms with Crippen molar-refractivity contribution in [1.29, 1.82) is 0 Å². The molecule has 0 unspecified atom stereocenters. The number of nitrogens with zero attached hydrogens (tertiary/aromatic N) is 1. The van der Waals surface area contributed by atoms with E-state index in [9.17, 15) is 14.4 Å². The number of hydrogen-bond donors (Lipinski definition) is 0. The maximum atomic E-state index is 10.6. The average Bonchev–Trinajstić information content (AvgIpc) is 2.70. The van der Waals surface area contributed by atoms with Crippen LogP contribution in [0.1, 0.15) is 25.7 Å². The van der Waals surface area contributed by atoms with Crippen molar-refractivity contribution in [3.8, 4) is 0 Å². The van der Waals surface area contributed by atoms with Gasteiger partial charge in [0.25, 0.3) is 0 Å². The third kappa shape index (κ3) is 4.04. The molecule has 0 spiro atoms. The molecule has 0 aliphatic rings. The van der Waals surface area contributed by atoms with E-state index in [1.165, 1.54) is 12.1 Å². The van der Waals surface area contributed by atoms with Gasteiger partial charge in [-0.15, -0.1) is 0 Å². The second kappa shape index (κ2) is 6.87. The van der Waals surface area contributed by atoms with Crippen LogP contribution in [0, 0.1) is 0 Å². The van der Waals surface area contributed by atoms with E-state index in [1.54, 1.807) is 16.4 Å². The van der Waals surface area contributed by atoms with Gasteiger partial charge >= 0.3 is 0 Å². The molecular formula is C12H12ClNO3. The summed E-state index contributed by atoms with van der Waals surface area (Å²) in [5, 5.41) is 0.350. The molecule has 0 saturated heterocycles. The molecule has 0 saturated carbocycles. The minimum absolute atomic E-state index is 0.338. The number of aromatic nitrogens is 1. The van der Waals surface area contributed by atoms with Crippen molar-refractivity contribution in [3.05, 3.63) is 22.8 Å². The second-order valence-corrected chi connectivity index (χ2v) is 4.05. The lowest BCUT2D eigenvalue weighted by Gasteiger charge is -2.01. The van der Waals surface area contributed by atoms with Gasteiger partial charge in [0, 0.05) is 13.0 Å². The Morgan fingerprint density at radius 3 is 2.18 bits per heavy atom. The van der Waals surface area contributed by atoms with Crippen LogP contribution in [-0.4, -0.2) is 21.7 Å². The molecule has 0 atom stereocenters. The molecule has 0 bridgehead atoms. The minimum atomic E-state index is -0.338. The lowest BCUT2D eigenvalue weighted by molar-refractivity contribution is -0.111. The summed E-state index contributed by atoms with van der Waals surface area (Å²) in [7, 11) is 0. The van der Waals surface area contributed by atoms with E-state index in [0.717, 1.165) is 12.8 Å². The van der Waals surface area contributed by atoms with Crippen LogP contribution in [0.5, 0.6) is 0 Å². The van der Waals surface area contributed by atoms with Crippen molar-refractivity contribution in [2.24, 2.45) is 0 Å². The molecule has 0 aliphatic heterocycles. The maximum absolute atomic E-state index is 10.6. The SMILES string of the molecule is O=C=c1ccc(=C=O)n1CCCCCC(=O)Cl. The molecule has 17 heavy (non-hydrogen) atoms. The van der Waals surface area contributed by atoms with E-state index >= 15 is 0 Å².